The van der Waals surface area contributed by atoms with Crippen LogP contribution in [0.1, 0.15) is 39.5 Å². The zero-order valence-electron chi connectivity index (χ0n) is 13.6. The highest BCUT2D eigenvalue weighted by Gasteiger charge is 2.23. The molecule has 132 valence electrons. The second-order valence-corrected chi connectivity index (χ2v) is 5.43. The molecule has 0 spiro atoms. The van der Waals surface area contributed by atoms with Gasteiger partial charge in [-0.3, -0.25) is 14.4 Å². The molecule has 0 aliphatic heterocycles. The number of carboxylic acids is 2. The second-order valence-electron chi connectivity index (χ2n) is 5.43. The van der Waals surface area contributed by atoms with Gasteiger partial charge in [0.05, 0.1) is 6.04 Å². The fraction of sp³-hybridized carbons (Fsp3) is 0.714. The van der Waals surface area contributed by atoms with Crippen LogP contribution in [0.4, 0.5) is 0 Å². The molecule has 23 heavy (non-hydrogen) atoms. The molecule has 0 saturated heterocycles. The zero-order chi connectivity index (χ0) is 18.0. The number of hydrogen-bond donors (Lipinski definition) is 5. The molecule has 0 bridgehead atoms. The molecule has 0 aromatic heterocycles. The van der Waals surface area contributed by atoms with Gasteiger partial charge in [0.25, 0.3) is 0 Å². The van der Waals surface area contributed by atoms with Gasteiger partial charge in [-0.25, -0.2) is 4.79 Å². The molecule has 0 saturated carbocycles. The van der Waals surface area contributed by atoms with Crippen molar-refractivity contribution in [3.63, 3.8) is 0 Å². The fourth-order valence-electron chi connectivity index (χ4n) is 1.86. The highest BCUT2D eigenvalue weighted by Crippen LogP contribution is 2.02. The van der Waals surface area contributed by atoms with Gasteiger partial charge in [0.2, 0.25) is 11.8 Å². The van der Waals surface area contributed by atoms with Crippen molar-refractivity contribution in [2.75, 3.05) is 7.05 Å². The van der Waals surface area contributed by atoms with Crippen LogP contribution in [0.2, 0.25) is 0 Å². The van der Waals surface area contributed by atoms with Crippen LogP contribution >= 0.6 is 0 Å². The van der Waals surface area contributed by atoms with Gasteiger partial charge in [0.1, 0.15) is 6.04 Å². The second kappa shape index (κ2) is 10.5. The first kappa shape index (κ1) is 20.8. The summed E-state index contributed by atoms with van der Waals surface area (Å²) in [6, 6.07) is -1.85. The van der Waals surface area contributed by atoms with Gasteiger partial charge < -0.3 is 26.2 Å². The molecule has 0 heterocycles. The first-order chi connectivity index (χ1) is 10.7. The van der Waals surface area contributed by atoms with Crippen LogP contribution in [0, 0.1) is 0 Å². The Morgan fingerprint density at radius 2 is 1.48 bits per heavy atom. The van der Waals surface area contributed by atoms with Crippen molar-refractivity contribution in [3.8, 4) is 0 Å². The molecule has 0 fully saturated rings. The summed E-state index contributed by atoms with van der Waals surface area (Å²) in [7, 11) is 1.59. The van der Waals surface area contributed by atoms with Crippen LogP contribution in [0.15, 0.2) is 0 Å². The van der Waals surface area contributed by atoms with Gasteiger partial charge in [0.15, 0.2) is 0 Å². The van der Waals surface area contributed by atoms with E-state index in [1.54, 1.807) is 7.05 Å². The fourth-order valence-corrected chi connectivity index (χ4v) is 1.86. The Balaban J connectivity index is 4.41. The van der Waals surface area contributed by atoms with Crippen LogP contribution in [0.3, 0.4) is 0 Å². The number of carboxylic acid groups (broad SMARTS) is 2. The first-order valence-electron chi connectivity index (χ1n) is 7.39. The van der Waals surface area contributed by atoms with Crippen molar-refractivity contribution in [1.82, 2.24) is 16.0 Å². The third kappa shape index (κ3) is 9.46. The van der Waals surface area contributed by atoms with E-state index in [1.165, 1.54) is 0 Å². The van der Waals surface area contributed by atoms with E-state index in [0.29, 0.717) is 0 Å². The maximum absolute atomic E-state index is 11.8. The maximum Gasteiger partial charge on any atom is 0.326 e. The Morgan fingerprint density at radius 1 is 0.913 bits per heavy atom. The lowest BCUT2D eigenvalue weighted by Gasteiger charge is -2.18. The van der Waals surface area contributed by atoms with Gasteiger partial charge in [-0.2, -0.15) is 0 Å². The monoisotopic (exact) mass is 331 g/mol. The van der Waals surface area contributed by atoms with Crippen LogP contribution in [-0.2, 0) is 19.2 Å². The lowest BCUT2D eigenvalue weighted by molar-refractivity contribution is -0.143. The van der Waals surface area contributed by atoms with E-state index < -0.39 is 29.9 Å². The molecule has 2 atom stereocenters. The van der Waals surface area contributed by atoms with E-state index in [1.807, 2.05) is 13.8 Å². The third-order valence-electron chi connectivity index (χ3n) is 3.04. The van der Waals surface area contributed by atoms with Crippen molar-refractivity contribution in [2.24, 2.45) is 0 Å². The number of likely N-dealkylation sites (N-methyl/N-ethyl adjacent to an activating group) is 1. The summed E-state index contributed by atoms with van der Waals surface area (Å²) < 4.78 is 0. The number of nitrogens with one attached hydrogen (secondary N) is 3. The predicted octanol–water partition coefficient (Wildman–Crippen LogP) is -0.687. The van der Waals surface area contributed by atoms with Crippen molar-refractivity contribution in [2.45, 2.75) is 57.7 Å². The van der Waals surface area contributed by atoms with Crippen molar-refractivity contribution >= 4 is 23.8 Å². The molecule has 2 amide bonds. The molecule has 0 aliphatic rings. The molecule has 5 N–H and O–H groups in total. The highest BCUT2D eigenvalue weighted by molar-refractivity contribution is 5.85. The Morgan fingerprint density at radius 3 is 1.91 bits per heavy atom. The van der Waals surface area contributed by atoms with Crippen molar-refractivity contribution in [3.05, 3.63) is 0 Å². The van der Waals surface area contributed by atoms with Gasteiger partial charge in [-0.05, 0) is 33.7 Å². The molecule has 9 nitrogen and oxygen atoms in total. The molecule has 0 rings (SSSR count). The summed E-state index contributed by atoms with van der Waals surface area (Å²) in [5.41, 5.74) is 0. The highest BCUT2D eigenvalue weighted by atomic mass is 16.4. The quantitative estimate of drug-likeness (QED) is 0.337. The Hall–Kier alpha value is -2.16. The Kier molecular flexibility index (Phi) is 9.56. The third-order valence-corrected chi connectivity index (χ3v) is 3.04. The smallest absolute Gasteiger partial charge is 0.326 e. The predicted molar refractivity (Wildman–Crippen MR) is 81.8 cm³/mol. The van der Waals surface area contributed by atoms with Crippen molar-refractivity contribution < 1.29 is 29.4 Å². The van der Waals surface area contributed by atoms with Gasteiger partial charge >= 0.3 is 11.9 Å². The molecule has 0 aromatic carbocycles. The number of aliphatic carboxylic acids is 2. The normalized spacial score (nSPS) is 13.2. The van der Waals surface area contributed by atoms with E-state index in [-0.39, 0.29) is 37.6 Å². The summed E-state index contributed by atoms with van der Waals surface area (Å²) >= 11 is 0. The summed E-state index contributed by atoms with van der Waals surface area (Å²) in [5.74, 6) is -3.20. The molecule has 0 aliphatic carbocycles. The van der Waals surface area contributed by atoms with Crippen LogP contribution in [0.25, 0.3) is 0 Å². The van der Waals surface area contributed by atoms with Crippen LogP contribution in [0.5, 0.6) is 0 Å². The number of hydrogen-bond acceptors (Lipinski definition) is 5. The Labute approximate surface area is 134 Å². The first-order valence-corrected chi connectivity index (χ1v) is 7.39. The van der Waals surface area contributed by atoms with E-state index in [2.05, 4.69) is 16.0 Å². The van der Waals surface area contributed by atoms with Gasteiger partial charge in [-0.1, -0.05) is 0 Å². The van der Waals surface area contributed by atoms with E-state index in [9.17, 15) is 19.2 Å². The lowest BCUT2D eigenvalue weighted by atomic mass is 10.1. The summed E-state index contributed by atoms with van der Waals surface area (Å²) in [6.45, 7) is 3.63. The van der Waals surface area contributed by atoms with Crippen molar-refractivity contribution in [1.29, 1.82) is 0 Å². The summed E-state index contributed by atoms with van der Waals surface area (Å²) in [6.07, 6.45) is -0.396. The lowest BCUT2D eigenvalue weighted by Crippen LogP contribution is -2.46. The maximum atomic E-state index is 11.8. The number of carbonyl (C=O) groups is 4. The number of carbonyl (C=O) groups excluding carboxylic acids is 2. The number of rotatable bonds is 11. The molecular weight excluding hydrogens is 306 g/mol. The van der Waals surface area contributed by atoms with E-state index in [4.69, 9.17) is 10.2 Å². The zero-order valence-corrected chi connectivity index (χ0v) is 13.6. The van der Waals surface area contributed by atoms with Crippen LogP contribution < -0.4 is 16.0 Å². The van der Waals surface area contributed by atoms with Gasteiger partial charge in [-0.15, -0.1) is 0 Å². The number of amides is 2. The molecule has 9 heteroatoms. The minimum Gasteiger partial charge on any atom is -0.481 e. The van der Waals surface area contributed by atoms with E-state index >= 15 is 0 Å². The van der Waals surface area contributed by atoms with Gasteiger partial charge in [0, 0.05) is 18.9 Å². The summed E-state index contributed by atoms with van der Waals surface area (Å²) in [5, 5.41) is 25.3. The topological polar surface area (TPSA) is 145 Å². The SMILES string of the molecule is CN[C@@H](CCC(=O)N[C@@H](CCC(=O)O)C(=O)O)C(=O)NC(C)C. The standard InChI is InChI=1S/C14H25N3O6/c1-8(2)16-13(21)9(15-3)4-6-11(18)17-10(14(22)23)5-7-12(19)20/h8-10,15H,4-7H2,1-3H3,(H,16,21)(H,17,18)(H,19,20)(H,22,23)/t9-,10-/m0/s1. The largest absolute Gasteiger partial charge is 0.481 e. The minimum absolute atomic E-state index is 0.0282. The Bertz CT molecular complexity index is 438. The summed E-state index contributed by atoms with van der Waals surface area (Å²) in [4.78, 5) is 45.1. The molecular formula is C14H25N3O6. The van der Waals surface area contributed by atoms with Crippen LogP contribution in [-0.4, -0.2) is 59.1 Å². The molecule has 0 radical (unpaired) electrons. The minimum atomic E-state index is -1.29. The van der Waals surface area contributed by atoms with E-state index in [0.717, 1.165) is 0 Å². The molecule has 0 unspecified atom stereocenters. The molecule has 0 aromatic rings. The average molecular weight is 331 g/mol. The average Bonchev–Trinajstić information content (AvgIpc) is 2.42.